The molecule has 11 heavy (non-hydrogen) atoms. The van der Waals surface area contributed by atoms with E-state index in [1.807, 2.05) is 22.6 Å². The van der Waals surface area contributed by atoms with E-state index in [0.717, 1.165) is 0 Å². The van der Waals surface area contributed by atoms with Gasteiger partial charge in [0.2, 0.25) is 0 Å². The number of rotatable bonds is 1. The van der Waals surface area contributed by atoms with Crippen LogP contribution in [-0.4, -0.2) is 7.11 Å². The first-order valence-corrected chi connectivity index (χ1v) is 4.02. The van der Waals surface area contributed by atoms with Crippen molar-refractivity contribution in [3.05, 3.63) is 21.5 Å². The topological polar surface area (TPSA) is 35.2 Å². The number of benzene rings is 1. The summed E-state index contributed by atoms with van der Waals surface area (Å²) in [5, 5.41) is 0. The van der Waals surface area contributed by atoms with Gasteiger partial charge in [-0.15, -0.1) is 0 Å². The lowest BCUT2D eigenvalue weighted by Gasteiger charge is -2.04. The fourth-order valence-electron chi connectivity index (χ4n) is 0.704. The Morgan fingerprint density at radius 2 is 2.18 bits per heavy atom. The fourth-order valence-corrected chi connectivity index (χ4v) is 1.42. The molecule has 0 aromatic heterocycles. The largest absolute Gasteiger partial charge is 0.496 e. The van der Waals surface area contributed by atoms with Crippen molar-refractivity contribution in [2.45, 2.75) is 0 Å². The van der Waals surface area contributed by atoms with Crippen LogP contribution in [0.3, 0.4) is 0 Å². The molecule has 1 aromatic rings. The Balaban J connectivity index is 3.25. The summed E-state index contributed by atoms with van der Waals surface area (Å²) >= 11 is 1.85. The van der Waals surface area contributed by atoms with Crippen molar-refractivity contribution in [2.24, 2.45) is 0 Å². The number of halogens is 2. The molecule has 0 aliphatic heterocycles. The first kappa shape index (κ1) is 8.58. The van der Waals surface area contributed by atoms with E-state index < -0.39 is 5.82 Å². The minimum Gasteiger partial charge on any atom is -0.496 e. The van der Waals surface area contributed by atoms with Gasteiger partial charge in [0.15, 0.2) is 5.82 Å². The van der Waals surface area contributed by atoms with Crippen molar-refractivity contribution in [2.75, 3.05) is 12.8 Å². The number of ether oxygens (including phenoxy) is 1. The predicted octanol–water partition coefficient (Wildman–Crippen LogP) is 2.02. The minimum atomic E-state index is -0.412. The maximum absolute atomic E-state index is 13.0. The van der Waals surface area contributed by atoms with Gasteiger partial charge in [-0.05, 0) is 34.7 Å². The quantitative estimate of drug-likeness (QED) is 0.624. The highest BCUT2D eigenvalue weighted by molar-refractivity contribution is 14.1. The average molecular weight is 267 g/mol. The van der Waals surface area contributed by atoms with Crippen molar-refractivity contribution in [3.8, 4) is 5.75 Å². The molecular weight excluding hydrogens is 260 g/mol. The third-order valence-corrected chi connectivity index (χ3v) is 2.30. The Labute approximate surface area is 77.7 Å². The van der Waals surface area contributed by atoms with Crippen molar-refractivity contribution < 1.29 is 9.13 Å². The molecule has 1 rings (SSSR count). The van der Waals surface area contributed by atoms with Gasteiger partial charge in [0, 0.05) is 0 Å². The van der Waals surface area contributed by atoms with Crippen LogP contribution >= 0.6 is 22.6 Å². The highest BCUT2D eigenvalue weighted by Gasteiger charge is 2.08. The molecular formula is C7H7FINO. The van der Waals surface area contributed by atoms with E-state index in [9.17, 15) is 4.39 Å². The molecule has 0 amide bonds. The average Bonchev–Trinajstić information content (AvgIpc) is 2.01. The molecule has 1 aromatic carbocycles. The van der Waals surface area contributed by atoms with Crippen molar-refractivity contribution in [1.29, 1.82) is 0 Å². The Morgan fingerprint density at radius 3 is 2.73 bits per heavy atom. The van der Waals surface area contributed by atoms with Gasteiger partial charge in [-0.3, -0.25) is 0 Å². The fraction of sp³-hybridized carbons (Fsp3) is 0.143. The predicted molar refractivity (Wildman–Crippen MR) is 50.1 cm³/mol. The van der Waals surface area contributed by atoms with Gasteiger partial charge >= 0.3 is 0 Å². The maximum Gasteiger partial charge on any atom is 0.163 e. The van der Waals surface area contributed by atoms with E-state index in [1.165, 1.54) is 13.2 Å². The van der Waals surface area contributed by atoms with Gasteiger partial charge in [-0.1, -0.05) is 0 Å². The molecule has 0 saturated heterocycles. The van der Waals surface area contributed by atoms with Crippen LogP contribution in [0, 0.1) is 9.39 Å². The van der Waals surface area contributed by atoms with Crippen molar-refractivity contribution in [1.82, 2.24) is 0 Å². The molecule has 0 aliphatic carbocycles. The summed E-state index contributed by atoms with van der Waals surface area (Å²) in [5.74, 6) is 0.0993. The molecule has 60 valence electrons. The van der Waals surface area contributed by atoms with Gasteiger partial charge in [-0.25, -0.2) is 4.39 Å². The second-order valence-electron chi connectivity index (χ2n) is 1.99. The van der Waals surface area contributed by atoms with E-state index in [0.29, 0.717) is 9.32 Å². The number of hydrogen-bond acceptors (Lipinski definition) is 2. The normalized spacial score (nSPS) is 9.73. The minimum absolute atomic E-state index is 0.148. The third-order valence-electron chi connectivity index (χ3n) is 1.30. The number of nitrogens with two attached hydrogens (primary N) is 1. The van der Waals surface area contributed by atoms with Crippen LogP contribution in [0.15, 0.2) is 12.1 Å². The van der Waals surface area contributed by atoms with E-state index in [2.05, 4.69) is 0 Å². The van der Waals surface area contributed by atoms with E-state index in [1.54, 1.807) is 6.07 Å². The summed E-state index contributed by atoms with van der Waals surface area (Å²) < 4.78 is 18.3. The smallest absolute Gasteiger partial charge is 0.163 e. The van der Waals surface area contributed by atoms with Crippen LogP contribution in [0.2, 0.25) is 0 Å². The van der Waals surface area contributed by atoms with Gasteiger partial charge in [-0.2, -0.15) is 0 Å². The van der Waals surface area contributed by atoms with Gasteiger partial charge in [0.05, 0.1) is 16.4 Å². The lowest BCUT2D eigenvalue weighted by Crippen LogP contribution is -1.96. The lowest BCUT2D eigenvalue weighted by atomic mass is 10.3. The molecule has 0 fully saturated rings. The monoisotopic (exact) mass is 267 g/mol. The summed E-state index contributed by atoms with van der Waals surface area (Å²) in [6, 6.07) is 3.12. The zero-order valence-electron chi connectivity index (χ0n) is 5.90. The Hall–Kier alpha value is -0.520. The standard InChI is InChI=1S/C7H7FINO/c1-11-5-3-2-4(10)6(8)7(5)9/h2-3H,10H2,1H3. The number of anilines is 1. The van der Waals surface area contributed by atoms with Gasteiger partial charge in [0.1, 0.15) is 5.75 Å². The molecule has 0 atom stereocenters. The van der Waals surface area contributed by atoms with Crippen molar-refractivity contribution in [3.63, 3.8) is 0 Å². The molecule has 2 nitrogen and oxygen atoms in total. The zero-order valence-corrected chi connectivity index (χ0v) is 8.05. The first-order valence-electron chi connectivity index (χ1n) is 2.94. The summed E-state index contributed by atoms with van der Waals surface area (Å²) in [6.07, 6.45) is 0. The van der Waals surface area contributed by atoms with E-state index >= 15 is 0 Å². The van der Waals surface area contributed by atoms with Crippen LogP contribution in [0.4, 0.5) is 10.1 Å². The lowest BCUT2D eigenvalue weighted by molar-refractivity contribution is 0.407. The van der Waals surface area contributed by atoms with Crippen LogP contribution in [0.5, 0.6) is 5.75 Å². The van der Waals surface area contributed by atoms with E-state index in [4.69, 9.17) is 10.5 Å². The highest BCUT2D eigenvalue weighted by Crippen LogP contribution is 2.26. The zero-order chi connectivity index (χ0) is 8.43. The molecule has 0 unspecified atom stereocenters. The molecule has 0 bridgehead atoms. The summed E-state index contributed by atoms with van der Waals surface area (Å²) in [6.45, 7) is 0. The summed E-state index contributed by atoms with van der Waals surface area (Å²) in [5.41, 5.74) is 5.46. The molecule has 4 heteroatoms. The molecule has 2 N–H and O–H groups in total. The second-order valence-corrected chi connectivity index (χ2v) is 3.06. The number of methoxy groups -OCH3 is 1. The van der Waals surface area contributed by atoms with Crippen molar-refractivity contribution >= 4 is 28.3 Å². The van der Waals surface area contributed by atoms with E-state index in [-0.39, 0.29) is 5.69 Å². The summed E-state index contributed by atoms with van der Waals surface area (Å²) in [4.78, 5) is 0. The SMILES string of the molecule is COc1ccc(N)c(F)c1I. The van der Waals surface area contributed by atoms with Crippen LogP contribution in [0.1, 0.15) is 0 Å². The number of hydrogen-bond donors (Lipinski definition) is 1. The maximum atomic E-state index is 13.0. The summed E-state index contributed by atoms with van der Waals surface area (Å²) in [7, 11) is 1.49. The Bertz CT molecular complexity index is 277. The molecule has 0 radical (unpaired) electrons. The Kier molecular flexibility index (Phi) is 2.53. The van der Waals surface area contributed by atoms with Crippen LogP contribution in [0.25, 0.3) is 0 Å². The van der Waals surface area contributed by atoms with Crippen LogP contribution < -0.4 is 10.5 Å². The number of nitrogen functional groups attached to an aromatic ring is 1. The molecule has 0 heterocycles. The van der Waals surface area contributed by atoms with Crippen LogP contribution in [-0.2, 0) is 0 Å². The van der Waals surface area contributed by atoms with Gasteiger partial charge < -0.3 is 10.5 Å². The molecule has 0 spiro atoms. The van der Waals surface area contributed by atoms with Gasteiger partial charge in [0.25, 0.3) is 0 Å². The second kappa shape index (κ2) is 3.25. The first-order chi connectivity index (χ1) is 5.16. The third kappa shape index (κ3) is 1.55. The molecule has 0 saturated carbocycles. The Morgan fingerprint density at radius 1 is 1.55 bits per heavy atom. The highest BCUT2D eigenvalue weighted by atomic mass is 127. The molecule has 0 aliphatic rings.